The van der Waals surface area contributed by atoms with E-state index in [4.69, 9.17) is 4.74 Å². The number of anilines is 1. The number of hydrogen-bond donors (Lipinski definition) is 0. The Labute approximate surface area is 145 Å². The van der Waals surface area contributed by atoms with Crippen molar-refractivity contribution in [3.8, 4) is 11.6 Å². The lowest BCUT2D eigenvalue weighted by Crippen LogP contribution is -2.24. The third kappa shape index (κ3) is 3.50. The number of hydrogen-bond acceptors (Lipinski definition) is 3. The molecule has 22 heavy (non-hydrogen) atoms. The van der Waals surface area contributed by atoms with Gasteiger partial charge in [0.2, 0.25) is 11.8 Å². The van der Waals surface area contributed by atoms with Crippen molar-refractivity contribution in [3.05, 3.63) is 47.1 Å². The number of pyridine rings is 1. The molecular weight excluding hydrogens is 412 g/mol. The van der Waals surface area contributed by atoms with E-state index in [9.17, 15) is 4.79 Å². The first-order chi connectivity index (χ1) is 10.7. The lowest BCUT2D eigenvalue weighted by molar-refractivity contribution is -0.117. The SMILES string of the molecule is O=C1CC(CBr)CN1c1ccc(Oc2cccc(Br)c2)nc1. The van der Waals surface area contributed by atoms with Crippen LogP contribution in [0.15, 0.2) is 47.1 Å². The van der Waals surface area contributed by atoms with Crippen LogP contribution in [0.2, 0.25) is 0 Å². The highest BCUT2D eigenvalue weighted by Crippen LogP contribution is 2.28. The van der Waals surface area contributed by atoms with Crippen molar-refractivity contribution >= 4 is 43.5 Å². The third-order valence-electron chi connectivity index (χ3n) is 3.47. The molecule has 1 saturated heterocycles. The standard InChI is InChI=1S/C16H14Br2N2O2/c17-8-11-6-16(21)20(10-11)13-4-5-15(19-9-13)22-14-3-1-2-12(18)7-14/h1-5,7,9,11H,6,8,10H2. The summed E-state index contributed by atoms with van der Waals surface area (Å²) in [6.45, 7) is 0.734. The van der Waals surface area contributed by atoms with Crippen molar-refractivity contribution in [2.75, 3.05) is 16.8 Å². The van der Waals surface area contributed by atoms with Gasteiger partial charge in [0.05, 0.1) is 11.9 Å². The second-order valence-corrected chi connectivity index (χ2v) is 6.71. The highest BCUT2D eigenvalue weighted by atomic mass is 79.9. The lowest BCUT2D eigenvalue weighted by atomic mass is 10.2. The highest BCUT2D eigenvalue weighted by molar-refractivity contribution is 9.10. The Balaban J connectivity index is 1.72. The van der Waals surface area contributed by atoms with Crippen LogP contribution in [0.1, 0.15) is 6.42 Å². The summed E-state index contributed by atoms with van der Waals surface area (Å²) in [5, 5.41) is 0.840. The van der Waals surface area contributed by atoms with Gasteiger partial charge in [0.1, 0.15) is 5.75 Å². The van der Waals surface area contributed by atoms with Gasteiger partial charge in [-0.2, -0.15) is 0 Å². The van der Waals surface area contributed by atoms with Crippen LogP contribution in [0, 0.1) is 5.92 Å². The van der Waals surface area contributed by atoms with E-state index in [1.165, 1.54) is 0 Å². The van der Waals surface area contributed by atoms with Crippen molar-refractivity contribution in [1.82, 2.24) is 4.98 Å². The minimum atomic E-state index is 0.145. The van der Waals surface area contributed by atoms with Gasteiger partial charge in [0, 0.05) is 28.8 Å². The Morgan fingerprint density at radius 2 is 2.18 bits per heavy atom. The van der Waals surface area contributed by atoms with Crippen molar-refractivity contribution in [1.29, 1.82) is 0 Å². The first-order valence-corrected chi connectivity index (χ1v) is 8.83. The molecule has 2 heterocycles. The van der Waals surface area contributed by atoms with E-state index in [1.807, 2.05) is 30.3 Å². The summed E-state index contributed by atoms with van der Waals surface area (Å²) in [5.41, 5.74) is 0.815. The molecular formula is C16H14Br2N2O2. The van der Waals surface area contributed by atoms with Gasteiger partial charge in [0.15, 0.2) is 0 Å². The molecule has 1 unspecified atom stereocenters. The summed E-state index contributed by atoms with van der Waals surface area (Å²) in [4.78, 5) is 18.1. The van der Waals surface area contributed by atoms with Crippen LogP contribution in [-0.2, 0) is 4.79 Å². The van der Waals surface area contributed by atoms with Crippen LogP contribution in [0.5, 0.6) is 11.6 Å². The number of alkyl halides is 1. The Kier molecular flexibility index (Phi) is 4.78. The summed E-state index contributed by atoms with van der Waals surface area (Å²) in [7, 11) is 0. The van der Waals surface area contributed by atoms with Gasteiger partial charge < -0.3 is 9.64 Å². The molecule has 6 heteroatoms. The number of benzene rings is 1. The fraction of sp³-hybridized carbons (Fsp3) is 0.250. The average Bonchev–Trinajstić information content (AvgIpc) is 2.89. The Bertz CT molecular complexity index is 676. The molecule has 0 bridgehead atoms. The van der Waals surface area contributed by atoms with E-state index in [-0.39, 0.29) is 5.91 Å². The molecule has 0 spiro atoms. The Hall–Kier alpha value is -1.40. The number of nitrogens with zero attached hydrogens (tertiary/aromatic N) is 2. The number of amides is 1. The van der Waals surface area contributed by atoms with Crippen LogP contribution in [0.3, 0.4) is 0 Å². The van der Waals surface area contributed by atoms with Crippen LogP contribution < -0.4 is 9.64 Å². The molecule has 1 aromatic carbocycles. The van der Waals surface area contributed by atoms with E-state index in [0.29, 0.717) is 24.0 Å². The molecule has 1 aromatic heterocycles. The largest absolute Gasteiger partial charge is 0.439 e. The molecule has 2 aromatic rings. The Morgan fingerprint density at radius 3 is 2.82 bits per heavy atom. The van der Waals surface area contributed by atoms with Gasteiger partial charge in [0.25, 0.3) is 0 Å². The summed E-state index contributed by atoms with van der Waals surface area (Å²) < 4.78 is 6.64. The van der Waals surface area contributed by atoms with E-state index >= 15 is 0 Å². The summed E-state index contributed by atoms with van der Waals surface area (Å²) in [6.07, 6.45) is 2.27. The number of carbonyl (C=O) groups is 1. The van der Waals surface area contributed by atoms with Crippen molar-refractivity contribution in [2.24, 2.45) is 5.92 Å². The molecule has 0 saturated carbocycles. The molecule has 1 fully saturated rings. The second-order valence-electron chi connectivity index (χ2n) is 5.14. The smallest absolute Gasteiger partial charge is 0.227 e. The monoisotopic (exact) mass is 424 g/mol. The molecule has 0 aliphatic carbocycles. The second kappa shape index (κ2) is 6.79. The number of carbonyl (C=O) groups excluding carboxylic acids is 1. The van der Waals surface area contributed by atoms with Crippen molar-refractivity contribution < 1.29 is 9.53 Å². The van der Waals surface area contributed by atoms with Gasteiger partial charge >= 0.3 is 0 Å². The van der Waals surface area contributed by atoms with Crippen LogP contribution in [-0.4, -0.2) is 22.8 Å². The maximum absolute atomic E-state index is 12.0. The van der Waals surface area contributed by atoms with E-state index in [1.54, 1.807) is 17.2 Å². The van der Waals surface area contributed by atoms with Gasteiger partial charge in [-0.05, 0) is 30.2 Å². The van der Waals surface area contributed by atoms with Gasteiger partial charge in [-0.15, -0.1) is 0 Å². The van der Waals surface area contributed by atoms with E-state index in [2.05, 4.69) is 36.8 Å². The average molecular weight is 426 g/mol. The molecule has 4 nitrogen and oxygen atoms in total. The predicted molar refractivity (Wildman–Crippen MR) is 92.7 cm³/mol. The zero-order valence-electron chi connectivity index (χ0n) is 11.7. The summed E-state index contributed by atoms with van der Waals surface area (Å²) in [6, 6.07) is 11.2. The first kappa shape index (κ1) is 15.5. The molecule has 3 rings (SSSR count). The van der Waals surface area contributed by atoms with Crippen LogP contribution >= 0.6 is 31.9 Å². The molecule has 114 valence electrons. The number of ether oxygens (including phenoxy) is 1. The normalized spacial score (nSPS) is 17.8. The summed E-state index contributed by atoms with van der Waals surface area (Å²) >= 11 is 6.84. The predicted octanol–water partition coefficient (Wildman–Crippen LogP) is 4.38. The quantitative estimate of drug-likeness (QED) is 0.682. The molecule has 0 radical (unpaired) electrons. The van der Waals surface area contributed by atoms with Crippen LogP contribution in [0.25, 0.3) is 0 Å². The van der Waals surface area contributed by atoms with Gasteiger partial charge in [-0.25, -0.2) is 4.98 Å². The molecule has 1 atom stereocenters. The first-order valence-electron chi connectivity index (χ1n) is 6.91. The minimum absolute atomic E-state index is 0.145. The van der Waals surface area contributed by atoms with Crippen molar-refractivity contribution in [3.63, 3.8) is 0 Å². The maximum Gasteiger partial charge on any atom is 0.227 e. The van der Waals surface area contributed by atoms with E-state index in [0.717, 1.165) is 22.0 Å². The fourth-order valence-corrected chi connectivity index (χ4v) is 3.19. The molecule has 1 aliphatic heterocycles. The van der Waals surface area contributed by atoms with Crippen LogP contribution in [0.4, 0.5) is 5.69 Å². The zero-order valence-corrected chi connectivity index (χ0v) is 14.9. The Morgan fingerprint density at radius 1 is 1.32 bits per heavy atom. The van der Waals surface area contributed by atoms with Gasteiger partial charge in [-0.1, -0.05) is 37.9 Å². The molecule has 1 aliphatic rings. The van der Waals surface area contributed by atoms with Crippen molar-refractivity contribution in [2.45, 2.75) is 6.42 Å². The number of halogens is 2. The number of aromatic nitrogens is 1. The molecule has 0 N–H and O–H groups in total. The fourth-order valence-electron chi connectivity index (χ4n) is 2.38. The lowest BCUT2D eigenvalue weighted by Gasteiger charge is -2.16. The number of rotatable bonds is 4. The maximum atomic E-state index is 12.0. The minimum Gasteiger partial charge on any atom is -0.439 e. The van der Waals surface area contributed by atoms with Gasteiger partial charge in [-0.3, -0.25) is 4.79 Å². The third-order valence-corrected chi connectivity index (χ3v) is 4.88. The topological polar surface area (TPSA) is 42.4 Å². The zero-order chi connectivity index (χ0) is 15.5. The summed E-state index contributed by atoms with van der Waals surface area (Å²) in [5.74, 6) is 1.73. The van der Waals surface area contributed by atoms with E-state index < -0.39 is 0 Å². The highest BCUT2D eigenvalue weighted by Gasteiger charge is 2.29. The molecule has 1 amide bonds.